The number of nitrogens with zero attached hydrogens (tertiary/aromatic N) is 1. The number of piperidine rings is 1. The van der Waals surface area contributed by atoms with E-state index in [1.54, 1.807) is 0 Å². The minimum absolute atomic E-state index is 0.0100. The van der Waals surface area contributed by atoms with Crippen LogP contribution < -0.4 is 11.5 Å². The van der Waals surface area contributed by atoms with Gasteiger partial charge in [0.15, 0.2) is 0 Å². The third-order valence-corrected chi connectivity index (χ3v) is 3.80. The normalized spacial score (nSPS) is 24.1. The molecule has 19 heavy (non-hydrogen) atoms. The van der Waals surface area contributed by atoms with Gasteiger partial charge in [0.25, 0.3) is 0 Å². The summed E-state index contributed by atoms with van der Waals surface area (Å²) < 4.78 is 5.72. The van der Waals surface area contributed by atoms with Crippen LogP contribution in [0.25, 0.3) is 0 Å². The molecule has 1 aliphatic heterocycles. The van der Waals surface area contributed by atoms with Crippen LogP contribution in [0.1, 0.15) is 37.3 Å². The first-order valence-electron chi connectivity index (χ1n) is 6.84. The van der Waals surface area contributed by atoms with Crippen LogP contribution in [-0.4, -0.2) is 29.9 Å². The molecule has 1 amide bonds. The number of likely N-dealkylation sites (tertiary alicyclic amines) is 1. The number of nitrogens with two attached hydrogens (primary N) is 2. The Bertz CT molecular complexity index is 442. The highest BCUT2D eigenvalue weighted by atomic mass is 16.3. The summed E-state index contributed by atoms with van der Waals surface area (Å²) in [7, 11) is 0. The number of rotatable bonds is 4. The second kappa shape index (κ2) is 5.75. The van der Waals surface area contributed by atoms with Crippen molar-refractivity contribution in [2.45, 2.75) is 38.8 Å². The lowest BCUT2D eigenvalue weighted by molar-refractivity contribution is -0.123. The molecule has 4 N–H and O–H groups in total. The van der Waals surface area contributed by atoms with Gasteiger partial charge in [-0.15, -0.1) is 0 Å². The predicted molar refractivity (Wildman–Crippen MR) is 73.3 cm³/mol. The summed E-state index contributed by atoms with van der Waals surface area (Å²) in [5.74, 6) is 1.46. The van der Waals surface area contributed by atoms with Gasteiger partial charge in [0.2, 0.25) is 5.91 Å². The Hall–Kier alpha value is -1.33. The number of hydrogen-bond acceptors (Lipinski definition) is 4. The quantitative estimate of drug-likeness (QED) is 0.855. The number of carbonyl (C=O) groups is 1. The van der Waals surface area contributed by atoms with E-state index in [0.717, 1.165) is 30.9 Å². The molecule has 5 nitrogen and oxygen atoms in total. The monoisotopic (exact) mass is 265 g/mol. The van der Waals surface area contributed by atoms with Crippen molar-refractivity contribution in [3.05, 3.63) is 23.7 Å². The second-order valence-electron chi connectivity index (χ2n) is 5.49. The first-order valence-corrected chi connectivity index (χ1v) is 6.84. The summed E-state index contributed by atoms with van der Waals surface area (Å²) >= 11 is 0. The number of amides is 1. The zero-order valence-corrected chi connectivity index (χ0v) is 11.6. The minimum atomic E-state index is -0.219. The molecule has 0 saturated carbocycles. The van der Waals surface area contributed by atoms with Crippen molar-refractivity contribution in [1.29, 1.82) is 0 Å². The standard InChI is InChI=1S/C14H23N3O2/c1-9-5-6-12(19-9)13(10(2)15)17-7-3-4-11(8-17)14(16)18/h5-6,10-11,13H,3-4,7-8,15H2,1-2H3,(H2,16,18). The SMILES string of the molecule is Cc1ccc(C(C(C)N)N2CCCC(C(N)=O)C2)o1. The Balaban J connectivity index is 2.17. The molecule has 3 atom stereocenters. The summed E-state index contributed by atoms with van der Waals surface area (Å²) in [5.41, 5.74) is 11.5. The molecule has 5 heteroatoms. The van der Waals surface area contributed by atoms with Crippen LogP contribution in [0.5, 0.6) is 0 Å². The second-order valence-corrected chi connectivity index (χ2v) is 5.49. The van der Waals surface area contributed by atoms with Crippen LogP contribution in [0.15, 0.2) is 16.5 Å². The van der Waals surface area contributed by atoms with E-state index in [4.69, 9.17) is 15.9 Å². The molecule has 3 unspecified atom stereocenters. The van der Waals surface area contributed by atoms with E-state index >= 15 is 0 Å². The number of primary amides is 1. The Morgan fingerprint density at radius 1 is 1.53 bits per heavy atom. The third kappa shape index (κ3) is 3.16. The van der Waals surface area contributed by atoms with Crippen molar-refractivity contribution in [3.63, 3.8) is 0 Å². The van der Waals surface area contributed by atoms with Crippen molar-refractivity contribution < 1.29 is 9.21 Å². The van der Waals surface area contributed by atoms with Crippen molar-refractivity contribution in [2.24, 2.45) is 17.4 Å². The molecule has 0 aliphatic carbocycles. The fourth-order valence-corrected chi connectivity index (χ4v) is 2.88. The highest BCUT2D eigenvalue weighted by Gasteiger charge is 2.32. The minimum Gasteiger partial charge on any atom is -0.465 e. The van der Waals surface area contributed by atoms with Crippen molar-refractivity contribution >= 4 is 5.91 Å². The molecule has 1 saturated heterocycles. The summed E-state index contributed by atoms with van der Waals surface area (Å²) in [6.07, 6.45) is 1.84. The highest BCUT2D eigenvalue weighted by Crippen LogP contribution is 2.29. The lowest BCUT2D eigenvalue weighted by Crippen LogP contribution is -2.47. The molecule has 1 aromatic rings. The Kier molecular flexibility index (Phi) is 4.27. The predicted octanol–water partition coefficient (Wildman–Crippen LogP) is 1.17. The maximum absolute atomic E-state index is 11.4. The fourth-order valence-electron chi connectivity index (χ4n) is 2.88. The molecular weight excluding hydrogens is 242 g/mol. The topological polar surface area (TPSA) is 85.5 Å². The van der Waals surface area contributed by atoms with E-state index in [-0.39, 0.29) is 23.9 Å². The first kappa shape index (κ1) is 14.1. The summed E-state index contributed by atoms with van der Waals surface area (Å²) in [5, 5.41) is 0. The van der Waals surface area contributed by atoms with E-state index in [2.05, 4.69) is 4.90 Å². The average Bonchev–Trinajstić information content (AvgIpc) is 2.75. The summed E-state index contributed by atoms with van der Waals surface area (Å²) in [4.78, 5) is 13.6. The van der Waals surface area contributed by atoms with E-state index in [0.29, 0.717) is 6.54 Å². The molecule has 0 aromatic carbocycles. The highest BCUT2D eigenvalue weighted by molar-refractivity contribution is 5.76. The maximum atomic E-state index is 11.4. The number of furan rings is 1. The molecule has 0 bridgehead atoms. The van der Waals surface area contributed by atoms with E-state index in [1.807, 2.05) is 26.0 Å². The van der Waals surface area contributed by atoms with Gasteiger partial charge in [-0.05, 0) is 45.4 Å². The number of carbonyl (C=O) groups excluding carboxylic acids is 1. The Morgan fingerprint density at radius 3 is 2.79 bits per heavy atom. The molecule has 0 spiro atoms. The van der Waals surface area contributed by atoms with Crippen LogP contribution in [0, 0.1) is 12.8 Å². The Labute approximate surface area is 113 Å². The van der Waals surface area contributed by atoms with Crippen LogP contribution in [0.2, 0.25) is 0 Å². The van der Waals surface area contributed by atoms with Crippen LogP contribution >= 0.6 is 0 Å². The summed E-state index contributed by atoms with van der Waals surface area (Å²) in [6.45, 7) is 5.48. The molecular formula is C14H23N3O2. The largest absolute Gasteiger partial charge is 0.465 e. The first-order chi connectivity index (χ1) is 8.99. The van der Waals surface area contributed by atoms with Crippen molar-refractivity contribution in [2.75, 3.05) is 13.1 Å². The molecule has 1 fully saturated rings. The average molecular weight is 265 g/mol. The van der Waals surface area contributed by atoms with Gasteiger partial charge >= 0.3 is 0 Å². The van der Waals surface area contributed by atoms with Crippen LogP contribution in [-0.2, 0) is 4.79 Å². The fraction of sp³-hybridized carbons (Fsp3) is 0.643. The molecule has 2 rings (SSSR count). The van der Waals surface area contributed by atoms with Gasteiger partial charge in [-0.3, -0.25) is 9.69 Å². The van der Waals surface area contributed by atoms with Gasteiger partial charge in [-0.25, -0.2) is 0 Å². The van der Waals surface area contributed by atoms with Gasteiger partial charge < -0.3 is 15.9 Å². The lowest BCUT2D eigenvalue weighted by Gasteiger charge is -2.38. The zero-order chi connectivity index (χ0) is 14.0. The smallest absolute Gasteiger partial charge is 0.221 e. The molecule has 1 aromatic heterocycles. The summed E-state index contributed by atoms with van der Waals surface area (Å²) in [6, 6.07) is 3.87. The third-order valence-electron chi connectivity index (χ3n) is 3.80. The number of hydrogen-bond donors (Lipinski definition) is 2. The van der Waals surface area contributed by atoms with Gasteiger partial charge in [0, 0.05) is 12.6 Å². The lowest BCUT2D eigenvalue weighted by atomic mass is 9.94. The molecule has 106 valence electrons. The van der Waals surface area contributed by atoms with Gasteiger partial charge in [-0.2, -0.15) is 0 Å². The Morgan fingerprint density at radius 2 is 2.26 bits per heavy atom. The van der Waals surface area contributed by atoms with Crippen LogP contribution in [0.3, 0.4) is 0 Å². The van der Waals surface area contributed by atoms with Gasteiger partial charge in [0.1, 0.15) is 11.5 Å². The van der Waals surface area contributed by atoms with Crippen LogP contribution in [0.4, 0.5) is 0 Å². The number of aryl methyl sites for hydroxylation is 1. The van der Waals surface area contributed by atoms with Gasteiger partial charge in [-0.1, -0.05) is 0 Å². The van der Waals surface area contributed by atoms with Crippen molar-refractivity contribution in [1.82, 2.24) is 4.90 Å². The molecule has 1 aliphatic rings. The van der Waals surface area contributed by atoms with E-state index < -0.39 is 0 Å². The van der Waals surface area contributed by atoms with E-state index in [1.165, 1.54) is 0 Å². The molecule has 0 radical (unpaired) electrons. The zero-order valence-electron chi connectivity index (χ0n) is 11.6. The van der Waals surface area contributed by atoms with Gasteiger partial charge in [0.05, 0.1) is 12.0 Å². The molecule has 2 heterocycles. The van der Waals surface area contributed by atoms with E-state index in [9.17, 15) is 4.79 Å². The van der Waals surface area contributed by atoms with Crippen molar-refractivity contribution in [3.8, 4) is 0 Å². The maximum Gasteiger partial charge on any atom is 0.221 e.